The first-order valence-corrected chi connectivity index (χ1v) is 3.54. The van der Waals surface area contributed by atoms with Gasteiger partial charge in [-0.1, -0.05) is 22.8 Å². The second-order valence-corrected chi connectivity index (χ2v) is 2.42. The average Bonchev–Trinajstić information content (AvgIpc) is 2.09. The van der Waals surface area contributed by atoms with Crippen LogP contribution in [0.3, 0.4) is 0 Å². The largest absolute Gasteiger partial charge is 0.495 e. The van der Waals surface area contributed by atoms with Gasteiger partial charge in [-0.2, -0.15) is 0 Å². The van der Waals surface area contributed by atoms with E-state index in [4.69, 9.17) is 21.9 Å². The maximum absolute atomic E-state index is 8.14. The summed E-state index contributed by atoms with van der Waals surface area (Å²) in [6.45, 7) is 0. The van der Waals surface area contributed by atoms with Crippen molar-refractivity contribution in [2.75, 3.05) is 7.11 Å². The molecule has 0 aliphatic rings. The molecule has 0 aromatic heterocycles. The first kappa shape index (κ1) is 8.71. The van der Waals surface area contributed by atoms with Crippen molar-refractivity contribution >= 4 is 17.3 Å². The Bertz CT molecular complexity index is 333. The van der Waals surface area contributed by atoms with E-state index in [9.17, 15) is 0 Å². The monoisotopic (exact) mass is 183 g/mol. The molecule has 0 aliphatic heterocycles. The zero-order chi connectivity index (χ0) is 8.97. The van der Waals surface area contributed by atoms with Crippen LogP contribution >= 0.6 is 11.6 Å². The predicted octanol–water partition coefficient (Wildman–Crippen LogP) is 3.29. The summed E-state index contributed by atoms with van der Waals surface area (Å²) in [5.74, 6) is 0.501. The lowest BCUT2D eigenvalue weighted by atomic mass is 10.3. The van der Waals surface area contributed by atoms with Crippen molar-refractivity contribution in [3.8, 4) is 5.75 Å². The van der Waals surface area contributed by atoms with Crippen molar-refractivity contribution in [1.82, 2.24) is 0 Å². The first-order chi connectivity index (χ1) is 5.77. The Morgan fingerprint density at radius 2 is 2.33 bits per heavy atom. The van der Waals surface area contributed by atoms with Crippen LogP contribution in [0.25, 0.3) is 10.4 Å². The number of hydrogen-bond donors (Lipinski definition) is 0. The Labute approximate surface area is 74.3 Å². The highest BCUT2D eigenvalue weighted by Crippen LogP contribution is 2.28. The predicted molar refractivity (Wildman–Crippen MR) is 46.8 cm³/mol. The number of halogens is 1. The van der Waals surface area contributed by atoms with E-state index < -0.39 is 0 Å². The number of ether oxygens (including phenoxy) is 1. The first-order valence-electron chi connectivity index (χ1n) is 3.16. The van der Waals surface area contributed by atoms with Gasteiger partial charge in [-0.05, 0) is 17.7 Å². The molecule has 0 N–H and O–H groups in total. The summed E-state index contributed by atoms with van der Waals surface area (Å²) >= 11 is 5.74. The summed E-state index contributed by atoms with van der Waals surface area (Å²) in [6, 6.07) is 4.80. The van der Waals surface area contributed by atoms with Crippen molar-refractivity contribution in [3.63, 3.8) is 0 Å². The molecule has 4 nitrogen and oxygen atoms in total. The molecular weight excluding hydrogens is 178 g/mol. The second-order valence-electron chi connectivity index (χ2n) is 2.01. The van der Waals surface area contributed by atoms with Crippen molar-refractivity contribution in [3.05, 3.63) is 33.7 Å². The molecule has 0 saturated carbocycles. The molecule has 0 bridgehead atoms. The Morgan fingerprint density at radius 1 is 1.58 bits per heavy atom. The van der Waals surface area contributed by atoms with E-state index in [1.54, 1.807) is 18.2 Å². The van der Waals surface area contributed by atoms with Crippen molar-refractivity contribution in [2.24, 2.45) is 5.11 Å². The van der Waals surface area contributed by atoms with Gasteiger partial charge < -0.3 is 4.74 Å². The minimum atomic E-state index is 0.485. The van der Waals surface area contributed by atoms with E-state index in [-0.39, 0.29) is 0 Å². The molecular formula is C7H6ClN3O. The van der Waals surface area contributed by atoms with Gasteiger partial charge in [0.05, 0.1) is 12.1 Å². The van der Waals surface area contributed by atoms with E-state index >= 15 is 0 Å². The molecule has 0 spiro atoms. The number of benzene rings is 1. The highest BCUT2D eigenvalue weighted by Gasteiger charge is 1.99. The summed E-state index contributed by atoms with van der Waals surface area (Å²) in [7, 11) is 1.50. The van der Waals surface area contributed by atoms with Gasteiger partial charge >= 0.3 is 0 Å². The fraction of sp³-hybridized carbons (Fsp3) is 0.143. The summed E-state index contributed by atoms with van der Waals surface area (Å²) in [4.78, 5) is 2.64. The normalized spacial score (nSPS) is 8.83. The molecule has 0 heterocycles. The minimum Gasteiger partial charge on any atom is -0.495 e. The Kier molecular flexibility index (Phi) is 2.80. The highest BCUT2D eigenvalue weighted by atomic mass is 35.5. The van der Waals surface area contributed by atoms with Crippen LogP contribution in [0.1, 0.15) is 0 Å². The quantitative estimate of drug-likeness (QED) is 0.394. The third kappa shape index (κ3) is 1.81. The fourth-order valence-corrected chi connectivity index (χ4v) is 0.957. The second kappa shape index (κ2) is 3.85. The van der Waals surface area contributed by atoms with Crippen LogP contribution in [0.15, 0.2) is 23.3 Å². The standard InChI is InChI=1S/C7H6ClN3O/c1-12-7-4-5(10-11-9)2-3-6(7)8/h2-4H,1H3. The van der Waals surface area contributed by atoms with Crippen molar-refractivity contribution in [2.45, 2.75) is 0 Å². The van der Waals surface area contributed by atoms with Gasteiger partial charge in [0.25, 0.3) is 0 Å². The van der Waals surface area contributed by atoms with E-state index in [2.05, 4.69) is 10.0 Å². The third-order valence-corrected chi connectivity index (χ3v) is 1.61. The van der Waals surface area contributed by atoms with Crippen molar-refractivity contribution < 1.29 is 4.74 Å². The lowest BCUT2D eigenvalue weighted by Gasteiger charge is -2.01. The summed E-state index contributed by atoms with van der Waals surface area (Å²) in [6.07, 6.45) is 0. The Morgan fingerprint density at radius 3 is 2.92 bits per heavy atom. The van der Waals surface area contributed by atoms with Crippen molar-refractivity contribution in [1.29, 1.82) is 0 Å². The van der Waals surface area contributed by atoms with E-state index in [1.807, 2.05) is 0 Å². The Balaban J connectivity index is 3.13. The summed E-state index contributed by atoms with van der Waals surface area (Å²) in [5.41, 5.74) is 8.62. The van der Waals surface area contributed by atoms with Gasteiger partial charge in [-0.15, -0.1) is 0 Å². The fourth-order valence-electron chi connectivity index (χ4n) is 0.762. The smallest absolute Gasteiger partial charge is 0.137 e. The van der Waals surface area contributed by atoms with Crippen LogP contribution in [0.5, 0.6) is 5.75 Å². The maximum Gasteiger partial charge on any atom is 0.137 e. The van der Waals surface area contributed by atoms with E-state index in [0.717, 1.165) is 0 Å². The van der Waals surface area contributed by atoms with Crippen LogP contribution in [-0.2, 0) is 0 Å². The number of rotatable bonds is 2. The zero-order valence-electron chi connectivity index (χ0n) is 6.36. The Hall–Kier alpha value is -1.38. The molecule has 0 aliphatic carbocycles. The van der Waals surface area contributed by atoms with Gasteiger partial charge in [0.15, 0.2) is 0 Å². The maximum atomic E-state index is 8.14. The molecule has 5 heteroatoms. The number of methoxy groups -OCH3 is 1. The lowest BCUT2D eigenvalue weighted by molar-refractivity contribution is 0.415. The molecule has 1 aromatic rings. The average molecular weight is 184 g/mol. The molecule has 0 amide bonds. The molecule has 62 valence electrons. The zero-order valence-corrected chi connectivity index (χ0v) is 7.12. The number of nitrogens with zero attached hydrogens (tertiary/aromatic N) is 3. The molecule has 12 heavy (non-hydrogen) atoms. The molecule has 1 aromatic carbocycles. The van der Waals surface area contributed by atoms with Crippen LogP contribution in [0.4, 0.5) is 5.69 Å². The van der Waals surface area contributed by atoms with Gasteiger partial charge in [-0.25, -0.2) is 0 Å². The van der Waals surface area contributed by atoms with E-state index in [1.165, 1.54) is 7.11 Å². The molecule has 0 radical (unpaired) electrons. The molecule has 0 fully saturated rings. The van der Waals surface area contributed by atoms with Gasteiger partial charge in [0, 0.05) is 10.6 Å². The van der Waals surface area contributed by atoms with Crippen LogP contribution in [0.2, 0.25) is 5.02 Å². The van der Waals surface area contributed by atoms with E-state index in [0.29, 0.717) is 16.5 Å². The molecule has 0 unspecified atom stereocenters. The topological polar surface area (TPSA) is 58.0 Å². The third-order valence-electron chi connectivity index (χ3n) is 1.29. The van der Waals surface area contributed by atoms with Crippen LogP contribution in [0, 0.1) is 0 Å². The van der Waals surface area contributed by atoms with Gasteiger partial charge in [-0.3, -0.25) is 0 Å². The number of azide groups is 1. The number of hydrogen-bond acceptors (Lipinski definition) is 2. The van der Waals surface area contributed by atoms with Gasteiger partial charge in [0.2, 0.25) is 0 Å². The van der Waals surface area contributed by atoms with Crippen LogP contribution < -0.4 is 4.74 Å². The SMILES string of the molecule is COc1cc(N=[N+]=[N-])ccc1Cl. The molecule has 1 rings (SSSR count). The minimum absolute atomic E-state index is 0.485. The summed E-state index contributed by atoms with van der Waals surface area (Å²) < 4.78 is 4.92. The molecule has 0 atom stereocenters. The molecule has 0 saturated heterocycles. The van der Waals surface area contributed by atoms with Gasteiger partial charge in [0.1, 0.15) is 5.75 Å². The lowest BCUT2D eigenvalue weighted by Crippen LogP contribution is -1.82. The van der Waals surface area contributed by atoms with Crippen LogP contribution in [-0.4, -0.2) is 7.11 Å². The summed E-state index contributed by atoms with van der Waals surface area (Å²) in [5, 5.41) is 3.89. The highest BCUT2D eigenvalue weighted by molar-refractivity contribution is 6.32.